The average molecular weight is 291 g/mol. The van der Waals surface area contributed by atoms with Gasteiger partial charge in [0.05, 0.1) is 4.92 Å². The molecule has 1 fully saturated rings. The number of carbonyl (C=O) groups is 1. The highest BCUT2D eigenvalue weighted by molar-refractivity contribution is 5.76. The van der Waals surface area contributed by atoms with Gasteiger partial charge in [-0.2, -0.15) is 0 Å². The van der Waals surface area contributed by atoms with Crippen LogP contribution in [0.4, 0.5) is 5.69 Å². The van der Waals surface area contributed by atoms with E-state index in [-0.39, 0.29) is 11.6 Å². The number of rotatable bonds is 7. The minimum atomic E-state index is -0.397. The first-order valence-electron chi connectivity index (χ1n) is 7.38. The van der Waals surface area contributed by atoms with Crippen molar-refractivity contribution in [3.63, 3.8) is 0 Å². The highest BCUT2D eigenvalue weighted by Crippen LogP contribution is 2.12. The Balaban J connectivity index is 1.61. The molecule has 6 heteroatoms. The topological polar surface area (TPSA) is 75.5 Å². The van der Waals surface area contributed by atoms with Crippen molar-refractivity contribution < 1.29 is 9.72 Å². The lowest BCUT2D eigenvalue weighted by Gasteiger charge is -2.15. The van der Waals surface area contributed by atoms with Gasteiger partial charge < -0.3 is 10.2 Å². The van der Waals surface area contributed by atoms with Crippen molar-refractivity contribution in [3.05, 3.63) is 39.9 Å². The molecular formula is C15H21N3O3. The molecular weight excluding hydrogens is 270 g/mol. The average Bonchev–Trinajstić information content (AvgIpc) is 3.01. The second-order valence-electron chi connectivity index (χ2n) is 5.26. The Morgan fingerprint density at radius 2 is 1.86 bits per heavy atom. The zero-order valence-corrected chi connectivity index (χ0v) is 12.1. The van der Waals surface area contributed by atoms with Gasteiger partial charge in [0.25, 0.3) is 5.69 Å². The highest BCUT2D eigenvalue weighted by atomic mass is 16.6. The molecule has 0 atom stereocenters. The number of nitro benzene ring substituents is 1. The second kappa shape index (κ2) is 7.73. The third-order valence-corrected chi connectivity index (χ3v) is 3.71. The van der Waals surface area contributed by atoms with Gasteiger partial charge in [-0.1, -0.05) is 12.1 Å². The molecule has 1 amide bonds. The molecule has 6 nitrogen and oxygen atoms in total. The summed E-state index contributed by atoms with van der Waals surface area (Å²) in [6.45, 7) is 3.26. The zero-order chi connectivity index (χ0) is 15.1. The number of carbonyl (C=O) groups excluding carboxylic acids is 1. The molecule has 0 aliphatic carbocycles. The summed E-state index contributed by atoms with van der Waals surface area (Å²) in [5.74, 6) is 0.232. The van der Waals surface area contributed by atoms with E-state index < -0.39 is 4.92 Å². The van der Waals surface area contributed by atoms with E-state index in [1.54, 1.807) is 12.1 Å². The molecule has 21 heavy (non-hydrogen) atoms. The lowest BCUT2D eigenvalue weighted by atomic mass is 10.1. The van der Waals surface area contributed by atoms with Crippen molar-refractivity contribution in [2.45, 2.75) is 25.7 Å². The fourth-order valence-electron chi connectivity index (χ4n) is 2.46. The summed E-state index contributed by atoms with van der Waals surface area (Å²) in [5.41, 5.74) is 1.17. The molecule has 0 bridgehead atoms. The van der Waals surface area contributed by atoms with Gasteiger partial charge in [0, 0.05) is 38.2 Å². The Hall–Kier alpha value is -1.95. The van der Waals surface area contributed by atoms with E-state index in [9.17, 15) is 14.9 Å². The van der Waals surface area contributed by atoms with Gasteiger partial charge in [0.2, 0.25) is 5.91 Å². The van der Waals surface area contributed by atoms with Crippen LogP contribution in [-0.2, 0) is 11.2 Å². The standard InChI is InChI=1S/C15H21N3O3/c19-15(17-11-1-2-12-17)8-10-16-9-7-13-3-5-14(6-4-13)18(20)21/h3-6,16H,1-2,7-12H2. The lowest BCUT2D eigenvalue weighted by Crippen LogP contribution is -2.31. The van der Waals surface area contributed by atoms with Gasteiger partial charge in [-0.3, -0.25) is 14.9 Å². The quantitative estimate of drug-likeness (QED) is 0.471. The van der Waals surface area contributed by atoms with Crippen molar-refractivity contribution in [3.8, 4) is 0 Å². The summed E-state index contributed by atoms with van der Waals surface area (Å²) in [5, 5.41) is 13.8. The fraction of sp³-hybridized carbons (Fsp3) is 0.533. The number of nitrogens with one attached hydrogen (secondary N) is 1. The number of nitro groups is 1. The van der Waals surface area contributed by atoms with Gasteiger partial charge in [-0.05, 0) is 31.4 Å². The molecule has 0 aromatic heterocycles. The Morgan fingerprint density at radius 1 is 1.19 bits per heavy atom. The van der Waals surface area contributed by atoms with E-state index in [2.05, 4.69) is 5.32 Å². The molecule has 2 rings (SSSR count). The van der Waals surface area contributed by atoms with Crippen molar-refractivity contribution in [1.29, 1.82) is 0 Å². The second-order valence-corrected chi connectivity index (χ2v) is 5.26. The maximum atomic E-state index is 11.8. The summed E-state index contributed by atoms with van der Waals surface area (Å²) in [4.78, 5) is 23.9. The molecule has 0 radical (unpaired) electrons. The number of likely N-dealkylation sites (tertiary alicyclic amines) is 1. The third-order valence-electron chi connectivity index (χ3n) is 3.71. The number of nitrogens with zero attached hydrogens (tertiary/aromatic N) is 2. The van der Waals surface area contributed by atoms with E-state index in [1.165, 1.54) is 12.1 Å². The SMILES string of the molecule is O=C(CCNCCc1ccc([N+](=O)[O-])cc1)N1CCCC1. The van der Waals surface area contributed by atoms with E-state index in [1.807, 2.05) is 4.90 Å². The monoisotopic (exact) mass is 291 g/mol. The van der Waals surface area contributed by atoms with Gasteiger partial charge in [-0.15, -0.1) is 0 Å². The number of non-ortho nitro benzene ring substituents is 1. The molecule has 1 aliphatic heterocycles. The highest BCUT2D eigenvalue weighted by Gasteiger charge is 2.16. The van der Waals surface area contributed by atoms with Crippen LogP contribution in [0.25, 0.3) is 0 Å². The van der Waals surface area contributed by atoms with Gasteiger partial charge >= 0.3 is 0 Å². The largest absolute Gasteiger partial charge is 0.343 e. The maximum absolute atomic E-state index is 11.8. The molecule has 1 saturated heterocycles. The number of benzene rings is 1. The predicted octanol–water partition coefficient (Wildman–Crippen LogP) is 1.74. The van der Waals surface area contributed by atoms with E-state index >= 15 is 0 Å². The van der Waals surface area contributed by atoms with Crippen LogP contribution >= 0.6 is 0 Å². The molecule has 1 aromatic carbocycles. The minimum Gasteiger partial charge on any atom is -0.343 e. The van der Waals surface area contributed by atoms with Crippen molar-refractivity contribution in [2.75, 3.05) is 26.2 Å². The van der Waals surface area contributed by atoms with E-state index in [0.29, 0.717) is 13.0 Å². The summed E-state index contributed by atoms with van der Waals surface area (Å²) in [6, 6.07) is 6.59. The fourth-order valence-corrected chi connectivity index (χ4v) is 2.46. The zero-order valence-electron chi connectivity index (χ0n) is 12.1. The van der Waals surface area contributed by atoms with Crippen LogP contribution < -0.4 is 5.32 Å². The van der Waals surface area contributed by atoms with E-state index in [0.717, 1.165) is 44.5 Å². The van der Waals surface area contributed by atoms with Crippen LogP contribution in [-0.4, -0.2) is 41.9 Å². The summed E-state index contributed by atoms with van der Waals surface area (Å²) >= 11 is 0. The summed E-state index contributed by atoms with van der Waals surface area (Å²) < 4.78 is 0. The van der Waals surface area contributed by atoms with Gasteiger partial charge in [0.1, 0.15) is 0 Å². The Bertz CT molecular complexity index is 481. The first-order chi connectivity index (χ1) is 10.2. The van der Waals surface area contributed by atoms with Crippen LogP contribution in [0.1, 0.15) is 24.8 Å². The number of hydrogen-bond donors (Lipinski definition) is 1. The van der Waals surface area contributed by atoms with Crippen LogP contribution in [0.2, 0.25) is 0 Å². The third kappa shape index (κ3) is 4.82. The molecule has 1 N–H and O–H groups in total. The number of amides is 1. The van der Waals surface area contributed by atoms with Crippen LogP contribution in [0, 0.1) is 10.1 Å². The van der Waals surface area contributed by atoms with Gasteiger partial charge in [-0.25, -0.2) is 0 Å². The van der Waals surface area contributed by atoms with Crippen molar-refractivity contribution in [1.82, 2.24) is 10.2 Å². The smallest absolute Gasteiger partial charge is 0.269 e. The minimum absolute atomic E-state index is 0.114. The van der Waals surface area contributed by atoms with Crippen LogP contribution in [0.15, 0.2) is 24.3 Å². The first-order valence-corrected chi connectivity index (χ1v) is 7.38. The lowest BCUT2D eigenvalue weighted by molar-refractivity contribution is -0.384. The van der Waals surface area contributed by atoms with Crippen molar-refractivity contribution in [2.24, 2.45) is 0 Å². The molecule has 1 heterocycles. The Kier molecular flexibility index (Phi) is 5.68. The maximum Gasteiger partial charge on any atom is 0.269 e. The predicted molar refractivity (Wildman–Crippen MR) is 80.1 cm³/mol. The van der Waals surface area contributed by atoms with Crippen molar-refractivity contribution >= 4 is 11.6 Å². The molecule has 1 aliphatic rings. The normalized spacial score (nSPS) is 14.4. The van der Waals surface area contributed by atoms with Gasteiger partial charge in [0.15, 0.2) is 0 Å². The van der Waals surface area contributed by atoms with Crippen LogP contribution in [0.3, 0.4) is 0 Å². The molecule has 0 saturated carbocycles. The number of hydrogen-bond acceptors (Lipinski definition) is 4. The molecule has 1 aromatic rings. The Morgan fingerprint density at radius 3 is 2.48 bits per heavy atom. The molecule has 0 spiro atoms. The first kappa shape index (κ1) is 15.4. The summed E-state index contributed by atoms with van der Waals surface area (Å²) in [7, 11) is 0. The molecule has 114 valence electrons. The summed E-state index contributed by atoms with van der Waals surface area (Å²) in [6.07, 6.45) is 3.59. The molecule has 0 unspecified atom stereocenters. The van der Waals surface area contributed by atoms with E-state index in [4.69, 9.17) is 0 Å². The Labute approximate surface area is 124 Å². The van der Waals surface area contributed by atoms with Crippen LogP contribution in [0.5, 0.6) is 0 Å².